The van der Waals surface area contributed by atoms with Gasteiger partial charge in [0.2, 0.25) is 5.91 Å². The SMILES string of the molecule is NN=NC1=C(Cl)NC(C(=O)NC2NC3(CCN(C(=O)c4cccc5c4ccn5CCOC4CCCCO4)CC3)CN2N)C(N=NN)N1. The molecule has 254 valence electrons. The van der Waals surface area contributed by atoms with Crippen molar-refractivity contribution >= 4 is 34.3 Å². The maximum atomic E-state index is 13.8. The first kappa shape index (κ1) is 32.9. The van der Waals surface area contributed by atoms with E-state index in [4.69, 9.17) is 38.6 Å². The van der Waals surface area contributed by atoms with Gasteiger partial charge in [-0.2, -0.15) is 0 Å². The van der Waals surface area contributed by atoms with Gasteiger partial charge in [-0.15, -0.1) is 10.2 Å². The number of carbonyl (C=O) groups excluding carboxylic acids is 2. The lowest BCUT2D eigenvalue weighted by atomic mass is 9.88. The molecule has 47 heavy (non-hydrogen) atoms. The maximum Gasteiger partial charge on any atom is 0.254 e. The third-order valence-electron chi connectivity index (χ3n) is 9.09. The number of hydrazine groups is 1. The molecule has 0 bridgehead atoms. The molecular weight excluding hydrogens is 632 g/mol. The van der Waals surface area contributed by atoms with Gasteiger partial charge in [-0.3, -0.25) is 20.7 Å². The quantitative estimate of drug-likeness (QED) is 0.0824. The first-order valence-corrected chi connectivity index (χ1v) is 16.0. The van der Waals surface area contributed by atoms with Crippen molar-refractivity contribution in [2.24, 2.45) is 38.2 Å². The van der Waals surface area contributed by atoms with Crippen LogP contribution in [0.15, 0.2) is 62.1 Å². The van der Waals surface area contributed by atoms with Crippen LogP contribution >= 0.6 is 11.6 Å². The standard InChI is InChI=1S/C28H41ClN14O4/c29-22-24(38-40-31)34-23(37-39-30)21(33-22)25(44)35-27-36-28(16-43(27)32)8-11-42(12-9-28)26(45)18-4-3-5-19-17(18)7-10-41(19)13-15-47-20-6-1-2-14-46-20/h3-5,7,10,20-21,23,27,33-34,36H,1-2,6,8-9,11-16,32H2,(H2,30,37)(H2,31,38)(H,35,44). The smallest absolute Gasteiger partial charge is 0.254 e. The van der Waals surface area contributed by atoms with Gasteiger partial charge in [-0.05, 0) is 50.3 Å². The number of nitrogens with one attached hydrogen (secondary N) is 4. The van der Waals surface area contributed by atoms with E-state index in [1.807, 2.05) is 35.4 Å². The van der Waals surface area contributed by atoms with Gasteiger partial charge in [-0.1, -0.05) is 28.1 Å². The van der Waals surface area contributed by atoms with Crippen LogP contribution in [-0.2, 0) is 20.8 Å². The Morgan fingerprint density at radius 1 is 1.15 bits per heavy atom. The summed E-state index contributed by atoms with van der Waals surface area (Å²) < 4.78 is 13.7. The van der Waals surface area contributed by atoms with Gasteiger partial charge in [-0.25, -0.2) is 5.01 Å². The van der Waals surface area contributed by atoms with Gasteiger partial charge in [0.25, 0.3) is 5.91 Å². The molecule has 3 saturated heterocycles. The van der Waals surface area contributed by atoms with E-state index in [1.54, 1.807) is 0 Å². The number of nitrogens with two attached hydrogens (primary N) is 3. The molecule has 4 unspecified atom stereocenters. The number of benzene rings is 1. The Bertz CT molecular complexity index is 1530. The molecule has 1 aromatic carbocycles. The third kappa shape index (κ3) is 7.12. The molecule has 10 N–H and O–H groups in total. The summed E-state index contributed by atoms with van der Waals surface area (Å²) in [5, 5.41) is 28.5. The number of fused-ring (bicyclic) bond motifs is 1. The van der Waals surface area contributed by atoms with Crippen LogP contribution < -0.4 is 38.8 Å². The number of hydrogen-bond donors (Lipinski definition) is 7. The number of carbonyl (C=O) groups is 2. The Kier molecular flexibility index (Phi) is 10.0. The van der Waals surface area contributed by atoms with Crippen LogP contribution in [0.25, 0.3) is 10.9 Å². The Morgan fingerprint density at radius 2 is 1.98 bits per heavy atom. The predicted molar refractivity (Wildman–Crippen MR) is 170 cm³/mol. The van der Waals surface area contributed by atoms with Gasteiger partial charge in [0.05, 0.1) is 6.61 Å². The number of rotatable bonds is 9. The molecule has 4 aliphatic rings. The Labute approximate surface area is 276 Å². The Morgan fingerprint density at radius 3 is 2.72 bits per heavy atom. The topological polar surface area (TPSA) is 240 Å². The molecule has 19 heteroatoms. The van der Waals surface area contributed by atoms with Crippen LogP contribution in [0, 0.1) is 0 Å². The second-order valence-corrected chi connectivity index (χ2v) is 12.4. The lowest BCUT2D eigenvalue weighted by molar-refractivity contribution is -0.163. The largest absolute Gasteiger partial charge is 0.358 e. The number of aromatic nitrogens is 1. The number of ether oxygens (including phenoxy) is 2. The van der Waals surface area contributed by atoms with E-state index in [2.05, 4.69) is 46.5 Å². The van der Waals surface area contributed by atoms with Crippen molar-refractivity contribution in [2.45, 2.75) is 69.0 Å². The van der Waals surface area contributed by atoms with E-state index in [0.29, 0.717) is 51.2 Å². The van der Waals surface area contributed by atoms with E-state index >= 15 is 0 Å². The summed E-state index contributed by atoms with van der Waals surface area (Å²) in [6.45, 7) is 3.47. The van der Waals surface area contributed by atoms with Crippen molar-refractivity contribution in [3.63, 3.8) is 0 Å². The number of likely N-dealkylation sites (tertiary alicyclic amines) is 1. The van der Waals surface area contributed by atoms with Crippen LogP contribution in [0.5, 0.6) is 0 Å². The maximum absolute atomic E-state index is 13.8. The summed E-state index contributed by atoms with van der Waals surface area (Å²) in [7, 11) is 0. The van der Waals surface area contributed by atoms with Crippen molar-refractivity contribution in [1.29, 1.82) is 0 Å². The van der Waals surface area contributed by atoms with Gasteiger partial charge in [0, 0.05) is 61.0 Å². The van der Waals surface area contributed by atoms with E-state index in [-0.39, 0.29) is 23.2 Å². The molecule has 18 nitrogen and oxygen atoms in total. The second-order valence-electron chi connectivity index (χ2n) is 12.0. The lowest BCUT2D eigenvalue weighted by Gasteiger charge is -2.39. The van der Waals surface area contributed by atoms with E-state index in [1.165, 1.54) is 5.01 Å². The number of halogens is 1. The summed E-state index contributed by atoms with van der Waals surface area (Å²) >= 11 is 6.21. The predicted octanol–water partition coefficient (Wildman–Crippen LogP) is 0.243. The number of piperidine rings is 1. The minimum atomic E-state index is -0.992. The molecule has 6 rings (SSSR count). The van der Waals surface area contributed by atoms with Crippen molar-refractivity contribution in [1.82, 2.24) is 35.7 Å². The minimum absolute atomic E-state index is 0.0167. The van der Waals surface area contributed by atoms with Crippen LogP contribution in [0.1, 0.15) is 42.5 Å². The molecule has 2 aromatic rings. The van der Waals surface area contributed by atoms with Gasteiger partial charge in [0.1, 0.15) is 17.5 Å². The van der Waals surface area contributed by atoms with Crippen molar-refractivity contribution < 1.29 is 19.1 Å². The first-order chi connectivity index (χ1) is 22.8. The number of amides is 2. The molecular formula is C28H41ClN14O4. The average Bonchev–Trinajstić information content (AvgIpc) is 3.62. The first-order valence-electron chi connectivity index (χ1n) is 15.6. The van der Waals surface area contributed by atoms with E-state index in [0.717, 1.165) is 36.8 Å². The summed E-state index contributed by atoms with van der Waals surface area (Å²) in [6, 6.07) is 6.82. The average molecular weight is 673 g/mol. The van der Waals surface area contributed by atoms with Crippen molar-refractivity contribution in [3.8, 4) is 0 Å². The second kappa shape index (κ2) is 14.4. The Hall–Kier alpha value is -4.07. The summed E-state index contributed by atoms with van der Waals surface area (Å²) in [5.41, 5.74) is 1.25. The van der Waals surface area contributed by atoms with Crippen molar-refractivity contribution in [2.75, 3.05) is 32.8 Å². The minimum Gasteiger partial charge on any atom is -0.358 e. The van der Waals surface area contributed by atoms with Crippen molar-refractivity contribution in [3.05, 3.63) is 47.0 Å². The summed E-state index contributed by atoms with van der Waals surface area (Å²) in [5.74, 6) is 16.3. The van der Waals surface area contributed by atoms with Gasteiger partial charge >= 0.3 is 0 Å². The Balaban J connectivity index is 1.05. The van der Waals surface area contributed by atoms with E-state index < -0.39 is 29.9 Å². The highest BCUT2D eigenvalue weighted by atomic mass is 35.5. The van der Waals surface area contributed by atoms with E-state index in [9.17, 15) is 9.59 Å². The molecule has 4 atom stereocenters. The van der Waals surface area contributed by atoms with Crippen LogP contribution in [0.4, 0.5) is 0 Å². The molecule has 5 heterocycles. The lowest BCUT2D eigenvalue weighted by Crippen LogP contribution is -2.63. The van der Waals surface area contributed by atoms with Gasteiger partial charge in [0.15, 0.2) is 18.3 Å². The summed E-state index contributed by atoms with van der Waals surface area (Å²) in [4.78, 5) is 28.9. The molecule has 3 fully saturated rings. The fraction of sp³-hybridized carbons (Fsp3) is 0.571. The fourth-order valence-electron chi connectivity index (χ4n) is 6.62. The zero-order valence-corrected chi connectivity index (χ0v) is 26.6. The molecule has 2 amide bonds. The highest BCUT2D eigenvalue weighted by molar-refractivity contribution is 6.29. The zero-order chi connectivity index (χ0) is 33.0. The monoisotopic (exact) mass is 672 g/mol. The number of nitrogens with zero attached hydrogens (tertiary/aromatic N) is 7. The van der Waals surface area contributed by atoms with Crippen LogP contribution in [0.3, 0.4) is 0 Å². The number of hydrogen-bond acceptors (Lipinski definition) is 13. The van der Waals surface area contributed by atoms with Gasteiger partial charge < -0.3 is 46.6 Å². The molecule has 1 spiro atoms. The highest BCUT2D eigenvalue weighted by Crippen LogP contribution is 2.30. The molecule has 0 saturated carbocycles. The van der Waals surface area contributed by atoms with Crippen LogP contribution in [-0.4, -0.2) is 89.5 Å². The highest BCUT2D eigenvalue weighted by Gasteiger charge is 2.46. The zero-order valence-electron chi connectivity index (χ0n) is 25.8. The molecule has 0 aliphatic carbocycles. The third-order valence-corrected chi connectivity index (χ3v) is 9.37. The molecule has 1 aromatic heterocycles. The normalized spacial score (nSPS) is 26.7. The fourth-order valence-corrected chi connectivity index (χ4v) is 6.83. The summed E-state index contributed by atoms with van der Waals surface area (Å²) in [6.07, 6.45) is 4.66. The molecule has 4 aliphatic heterocycles. The van der Waals surface area contributed by atoms with Crippen LogP contribution in [0.2, 0.25) is 0 Å². The molecule has 0 radical (unpaired) electrons.